The van der Waals surface area contributed by atoms with Gasteiger partial charge in [-0.05, 0) is 23.4 Å². The minimum Gasteiger partial charge on any atom is -0.378 e. The van der Waals surface area contributed by atoms with E-state index in [1.54, 1.807) is 29.3 Å². The van der Waals surface area contributed by atoms with Crippen molar-refractivity contribution in [2.45, 2.75) is 0 Å². The van der Waals surface area contributed by atoms with Crippen LogP contribution in [0, 0.1) is 16.2 Å². The van der Waals surface area contributed by atoms with Crippen molar-refractivity contribution in [3.05, 3.63) is 39.7 Å². The molecule has 150 valence electrons. The minimum absolute atomic E-state index is 0.103. The first-order valence-corrected chi connectivity index (χ1v) is 10.2. The summed E-state index contributed by atoms with van der Waals surface area (Å²) in [6.45, 7) is 4.99. The summed E-state index contributed by atoms with van der Waals surface area (Å²) in [5, 5.41) is 12.8. The molecule has 0 atom stereocenters. The number of carbonyl (C=O) groups is 1. The Hall–Kier alpha value is -3.03. The number of piperazine rings is 1. The van der Waals surface area contributed by atoms with Crippen LogP contribution in [0.15, 0.2) is 29.6 Å². The number of nitroso groups, excluding NO2 is 1. The Morgan fingerprint density at radius 3 is 2.55 bits per heavy atom. The Morgan fingerprint density at radius 1 is 1.14 bits per heavy atom. The van der Waals surface area contributed by atoms with Crippen LogP contribution in [0.4, 0.5) is 16.5 Å². The van der Waals surface area contributed by atoms with Crippen molar-refractivity contribution >= 4 is 33.8 Å². The lowest BCUT2D eigenvalue weighted by Gasteiger charge is -2.36. The standard InChI is InChI=1S/C19H20N6O3S/c20-12-15-13-21-19(29-15)25-5-3-24(4-6-25)18(26)16-11-14(22-27)1-2-17(16)23-7-9-28-10-8-23/h1-2,11,13H,3-10H2. The molecule has 0 bridgehead atoms. The lowest BCUT2D eigenvalue weighted by atomic mass is 10.1. The molecule has 2 aliphatic rings. The number of hydrogen-bond donors (Lipinski definition) is 0. The average Bonchev–Trinajstić information content (AvgIpc) is 3.28. The Kier molecular flexibility index (Phi) is 5.69. The summed E-state index contributed by atoms with van der Waals surface area (Å²) in [6.07, 6.45) is 1.57. The first kappa shape index (κ1) is 19.3. The topological polar surface area (TPSA) is 102 Å². The van der Waals surface area contributed by atoms with Gasteiger partial charge in [-0.15, -0.1) is 4.91 Å². The summed E-state index contributed by atoms with van der Waals surface area (Å²) in [4.78, 5) is 35.2. The fourth-order valence-corrected chi connectivity index (χ4v) is 4.33. The molecule has 1 aromatic heterocycles. The molecular formula is C19H20N6O3S. The van der Waals surface area contributed by atoms with Crippen molar-refractivity contribution in [2.24, 2.45) is 5.18 Å². The summed E-state index contributed by atoms with van der Waals surface area (Å²) in [5.41, 5.74) is 1.56. The first-order valence-electron chi connectivity index (χ1n) is 9.40. The quantitative estimate of drug-likeness (QED) is 0.710. The number of anilines is 2. The molecule has 0 N–H and O–H groups in total. The van der Waals surface area contributed by atoms with Crippen LogP contribution in [-0.2, 0) is 4.74 Å². The maximum atomic E-state index is 13.3. The van der Waals surface area contributed by atoms with Crippen molar-refractivity contribution < 1.29 is 9.53 Å². The zero-order valence-corrected chi connectivity index (χ0v) is 16.6. The number of ether oxygens (including phenoxy) is 1. The van der Waals surface area contributed by atoms with E-state index in [1.165, 1.54) is 11.3 Å². The fraction of sp³-hybridized carbons (Fsp3) is 0.421. The van der Waals surface area contributed by atoms with Crippen LogP contribution < -0.4 is 9.80 Å². The summed E-state index contributed by atoms with van der Waals surface area (Å²) in [6, 6.07) is 7.11. The van der Waals surface area contributed by atoms with E-state index in [4.69, 9.17) is 10.00 Å². The Morgan fingerprint density at radius 2 is 1.90 bits per heavy atom. The highest BCUT2D eigenvalue weighted by atomic mass is 32.1. The first-order chi connectivity index (χ1) is 14.2. The molecule has 0 radical (unpaired) electrons. The molecule has 9 nitrogen and oxygen atoms in total. The minimum atomic E-state index is -0.103. The molecule has 0 saturated carbocycles. The highest BCUT2D eigenvalue weighted by Gasteiger charge is 2.27. The zero-order valence-electron chi connectivity index (χ0n) is 15.8. The molecule has 0 unspecified atom stereocenters. The van der Waals surface area contributed by atoms with Gasteiger partial charge in [0.15, 0.2) is 5.13 Å². The van der Waals surface area contributed by atoms with Crippen molar-refractivity contribution in [2.75, 3.05) is 62.3 Å². The lowest BCUT2D eigenvalue weighted by molar-refractivity contribution is 0.0746. The molecular weight excluding hydrogens is 392 g/mol. The summed E-state index contributed by atoms with van der Waals surface area (Å²) >= 11 is 1.36. The molecule has 29 heavy (non-hydrogen) atoms. The van der Waals surface area contributed by atoms with Gasteiger partial charge < -0.3 is 19.4 Å². The number of hydrogen-bond acceptors (Lipinski definition) is 9. The predicted molar refractivity (Wildman–Crippen MR) is 110 cm³/mol. The van der Waals surface area contributed by atoms with E-state index in [0.29, 0.717) is 62.9 Å². The molecule has 2 saturated heterocycles. The van der Waals surface area contributed by atoms with Gasteiger partial charge in [-0.2, -0.15) is 5.26 Å². The van der Waals surface area contributed by atoms with Crippen LogP contribution in [0.1, 0.15) is 15.2 Å². The van der Waals surface area contributed by atoms with Crippen LogP contribution in [0.2, 0.25) is 0 Å². The Labute approximate surface area is 172 Å². The van der Waals surface area contributed by atoms with Gasteiger partial charge in [0.05, 0.1) is 25.0 Å². The summed E-state index contributed by atoms with van der Waals surface area (Å²) in [7, 11) is 0. The van der Waals surface area contributed by atoms with Crippen molar-refractivity contribution in [1.82, 2.24) is 9.88 Å². The van der Waals surface area contributed by atoms with Crippen LogP contribution in [0.3, 0.4) is 0 Å². The molecule has 2 fully saturated rings. The second kappa shape index (κ2) is 8.55. The third-order valence-corrected chi connectivity index (χ3v) is 6.07. The van der Waals surface area contributed by atoms with E-state index in [1.807, 2.05) is 0 Å². The summed E-state index contributed by atoms with van der Waals surface area (Å²) < 4.78 is 5.41. The maximum absolute atomic E-state index is 13.3. The van der Waals surface area contributed by atoms with Gasteiger partial charge in [-0.1, -0.05) is 11.3 Å². The number of carbonyl (C=O) groups excluding carboxylic acids is 1. The number of nitrogens with zero attached hydrogens (tertiary/aromatic N) is 6. The second-order valence-corrected chi connectivity index (χ2v) is 7.80. The maximum Gasteiger partial charge on any atom is 0.256 e. The predicted octanol–water partition coefficient (Wildman–Crippen LogP) is 2.21. The molecule has 10 heteroatoms. The van der Waals surface area contributed by atoms with Gasteiger partial charge in [0.25, 0.3) is 5.91 Å². The molecule has 2 aromatic rings. The Balaban J connectivity index is 1.50. The van der Waals surface area contributed by atoms with Crippen LogP contribution in [0.25, 0.3) is 0 Å². The van der Waals surface area contributed by atoms with Gasteiger partial charge in [-0.25, -0.2) is 4.98 Å². The van der Waals surface area contributed by atoms with Gasteiger partial charge >= 0.3 is 0 Å². The van der Waals surface area contributed by atoms with Crippen LogP contribution in [-0.4, -0.2) is 68.3 Å². The molecule has 1 aromatic carbocycles. The molecule has 0 aliphatic carbocycles. The molecule has 0 spiro atoms. The number of morpholine rings is 1. The zero-order chi connectivity index (χ0) is 20.2. The van der Waals surface area contributed by atoms with Crippen molar-refractivity contribution in [3.63, 3.8) is 0 Å². The molecule has 2 aliphatic heterocycles. The largest absolute Gasteiger partial charge is 0.378 e. The van der Waals surface area contributed by atoms with E-state index in [-0.39, 0.29) is 11.6 Å². The number of nitriles is 1. The van der Waals surface area contributed by atoms with E-state index < -0.39 is 0 Å². The molecule has 1 amide bonds. The second-order valence-electron chi connectivity index (χ2n) is 6.79. The van der Waals surface area contributed by atoms with Crippen molar-refractivity contribution in [1.29, 1.82) is 5.26 Å². The molecule has 4 rings (SSSR count). The number of benzene rings is 1. The van der Waals surface area contributed by atoms with Gasteiger partial charge in [0.1, 0.15) is 16.6 Å². The highest BCUT2D eigenvalue weighted by molar-refractivity contribution is 7.16. The monoisotopic (exact) mass is 412 g/mol. The number of thiazole rings is 1. The van der Waals surface area contributed by atoms with E-state index in [9.17, 15) is 9.70 Å². The number of rotatable bonds is 4. The van der Waals surface area contributed by atoms with E-state index >= 15 is 0 Å². The van der Waals surface area contributed by atoms with Crippen LogP contribution >= 0.6 is 11.3 Å². The lowest BCUT2D eigenvalue weighted by Crippen LogP contribution is -2.49. The van der Waals surface area contributed by atoms with Crippen LogP contribution in [0.5, 0.6) is 0 Å². The van der Waals surface area contributed by atoms with E-state index in [0.717, 1.165) is 10.8 Å². The number of aromatic nitrogens is 1. The smallest absolute Gasteiger partial charge is 0.256 e. The van der Waals surface area contributed by atoms with Gasteiger partial charge in [0, 0.05) is 45.0 Å². The third-order valence-electron chi connectivity index (χ3n) is 5.11. The highest BCUT2D eigenvalue weighted by Crippen LogP contribution is 2.29. The normalized spacial score (nSPS) is 17.1. The third kappa shape index (κ3) is 4.06. The number of amides is 1. The van der Waals surface area contributed by atoms with Crippen molar-refractivity contribution in [3.8, 4) is 6.07 Å². The van der Waals surface area contributed by atoms with Gasteiger partial charge in [-0.3, -0.25) is 4.79 Å². The summed E-state index contributed by atoms with van der Waals surface area (Å²) in [5.74, 6) is -0.103. The molecule has 3 heterocycles. The Bertz CT molecular complexity index is 942. The fourth-order valence-electron chi connectivity index (χ4n) is 3.57. The average molecular weight is 412 g/mol. The van der Waals surface area contributed by atoms with E-state index in [2.05, 4.69) is 26.0 Å². The van der Waals surface area contributed by atoms with Gasteiger partial charge in [0.2, 0.25) is 0 Å². The SMILES string of the molecule is N#Cc1cnc(N2CCN(C(=O)c3cc(N=O)ccc3N3CCOCC3)CC2)s1.